The van der Waals surface area contributed by atoms with Crippen LogP contribution in [0.1, 0.15) is 36.6 Å². The summed E-state index contributed by atoms with van der Waals surface area (Å²) in [6.07, 6.45) is 0.487. The Labute approximate surface area is 158 Å². The summed E-state index contributed by atoms with van der Waals surface area (Å²) in [6, 6.07) is 13.2. The maximum atomic E-state index is 13.5. The number of para-hydroxylation sites is 1. The highest BCUT2D eigenvalue weighted by atomic mass is 19.1. The average molecular weight is 366 g/mol. The quantitative estimate of drug-likeness (QED) is 0.727. The van der Waals surface area contributed by atoms with Crippen molar-refractivity contribution in [2.24, 2.45) is 0 Å². The van der Waals surface area contributed by atoms with E-state index in [0.29, 0.717) is 35.6 Å². The molecule has 0 bridgehead atoms. The lowest BCUT2D eigenvalue weighted by Crippen LogP contribution is -2.29. The van der Waals surface area contributed by atoms with Crippen molar-refractivity contribution in [1.82, 2.24) is 9.55 Å². The maximum absolute atomic E-state index is 13.5. The molecule has 1 N–H and O–H groups in total. The van der Waals surface area contributed by atoms with E-state index < -0.39 is 0 Å². The predicted octanol–water partition coefficient (Wildman–Crippen LogP) is 4.43. The van der Waals surface area contributed by atoms with E-state index in [9.17, 15) is 14.3 Å². The third-order valence-electron chi connectivity index (χ3n) is 4.63. The van der Waals surface area contributed by atoms with Crippen molar-refractivity contribution >= 4 is 0 Å². The second-order valence-corrected chi connectivity index (χ2v) is 6.94. The monoisotopic (exact) mass is 366 g/mol. The molecule has 0 amide bonds. The summed E-state index contributed by atoms with van der Waals surface area (Å²) in [4.78, 5) is 17.8. The second-order valence-electron chi connectivity index (χ2n) is 6.94. The Morgan fingerprint density at radius 2 is 1.89 bits per heavy atom. The molecule has 0 unspecified atom stereocenters. The summed E-state index contributed by atoms with van der Waals surface area (Å²) in [5.41, 5.74) is 2.51. The van der Waals surface area contributed by atoms with Gasteiger partial charge in [-0.2, -0.15) is 0 Å². The summed E-state index contributed by atoms with van der Waals surface area (Å²) >= 11 is 0. The number of rotatable bonds is 5. The van der Waals surface area contributed by atoms with Gasteiger partial charge in [-0.05, 0) is 49.1 Å². The van der Waals surface area contributed by atoms with E-state index in [4.69, 9.17) is 0 Å². The highest BCUT2D eigenvalue weighted by Gasteiger charge is 2.19. The minimum atomic E-state index is -0.300. The van der Waals surface area contributed by atoms with Crippen molar-refractivity contribution in [2.45, 2.75) is 39.7 Å². The molecule has 0 saturated carbocycles. The molecule has 0 aliphatic heterocycles. The summed E-state index contributed by atoms with van der Waals surface area (Å²) in [5, 5.41) is 10.3. The van der Waals surface area contributed by atoms with E-state index in [1.54, 1.807) is 34.9 Å². The van der Waals surface area contributed by atoms with Gasteiger partial charge in [0.2, 0.25) is 0 Å². The molecule has 0 spiro atoms. The van der Waals surface area contributed by atoms with Gasteiger partial charge in [-0.25, -0.2) is 9.37 Å². The molecule has 4 nitrogen and oxygen atoms in total. The third-order valence-corrected chi connectivity index (χ3v) is 4.63. The Balaban J connectivity index is 2.13. The lowest BCUT2D eigenvalue weighted by atomic mass is 10.0. The molecule has 3 rings (SSSR count). The van der Waals surface area contributed by atoms with Crippen LogP contribution in [0.3, 0.4) is 0 Å². The number of phenols is 1. The SMILES string of the molecule is Cc1nc(-c2ccccc2O)n(CCc2cccc(F)c2)c(=O)c1C(C)C. The fraction of sp³-hybridized carbons (Fsp3) is 0.273. The first-order valence-corrected chi connectivity index (χ1v) is 9.02. The number of phenolic OH excluding ortho intramolecular Hbond substituents is 1. The number of aryl methyl sites for hydroxylation is 2. The zero-order chi connectivity index (χ0) is 19.6. The zero-order valence-electron chi connectivity index (χ0n) is 15.7. The van der Waals surface area contributed by atoms with Crippen LogP contribution in [0.5, 0.6) is 5.75 Å². The van der Waals surface area contributed by atoms with Gasteiger partial charge in [0, 0.05) is 17.8 Å². The summed E-state index contributed by atoms with van der Waals surface area (Å²) < 4.78 is 15.1. The van der Waals surface area contributed by atoms with Crippen LogP contribution in [0.15, 0.2) is 53.3 Å². The normalized spacial score (nSPS) is 11.1. The molecule has 0 radical (unpaired) electrons. The topological polar surface area (TPSA) is 55.1 Å². The van der Waals surface area contributed by atoms with Gasteiger partial charge in [-0.1, -0.05) is 38.1 Å². The van der Waals surface area contributed by atoms with E-state index in [0.717, 1.165) is 5.56 Å². The van der Waals surface area contributed by atoms with Crippen LogP contribution in [0.4, 0.5) is 4.39 Å². The van der Waals surface area contributed by atoms with Crippen molar-refractivity contribution in [3.63, 3.8) is 0 Å². The lowest BCUT2D eigenvalue weighted by Gasteiger charge is -2.18. The Morgan fingerprint density at radius 1 is 1.15 bits per heavy atom. The molecular formula is C22H23FN2O2. The fourth-order valence-corrected chi connectivity index (χ4v) is 3.35. The molecule has 1 heterocycles. The van der Waals surface area contributed by atoms with Gasteiger partial charge >= 0.3 is 0 Å². The Hall–Kier alpha value is -2.95. The molecule has 2 aromatic carbocycles. The van der Waals surface area contributed by atoms with E-state index in [-0.39, 0.29) is 23.0 Å². The number of aromatic nitrogens is 2. The van der Waals surface area contributed by atoms with Crippen molar-refractivity contribution in [3.8, 4) is 17.1 Å². The van der Waals surface area contributed by atoms with Crippen molar-refractivity contribution in [2.75, 3.05) is 0 Å². The second kappa shape index (κ2) is 7.74. The summed E-state index contributed by atoms with van der Waals surface area (Å²) in [6.45, 7) is 6.08. The molecular weight excluding hydrogens is 343 g/mol. The number of nitrogens with zero attached hydrogens (tertiary/aromatic N) is 2. The Morgan fingerprint density at radius 3 is 2.56 bits per heavy atom. The lowest BCUT2D eigenvalue weighted by molar-refractivity contribution is 0.476. The standard InChI is InChI=1S/C22H23FN2O2/c1-14(2)20-15(3)24-21(18-9-4-5-10-19(18)26)25(22(20)27)12-11-16-7-6-8-17(23)13-16/h4-10,13-14,26H,11-12H2,1-3H3. The maximum Gasteiger partial charge on any atom is 0.257 e. The van der Waals surface area contributed by atoms with E-state index in [1.165, 1.54) is 12.1 Å². The van der Waals surface area contributed by atoms with E-state index in [1.807, 2.05) is 26.8 Å². The number of aromatic hydroxyl groups is 1. The third kappa shape index (κ3) is 3.92. The first kappa shape index (κ1) is 18.8. The molecule has 5 heteroatoms. The van der Waals surface area contributed by atoms with Crippen molar-refractivity contribution in [3.05, 3.63) is 81.5 Å². The van der Waals surface area contributed by atoms with Gasteiger partial charge in [0.15, 0.2) is 0 Å². The van der Waals surface area contributed by atoms with Gasteiger partial charge in [-0.15, -0.1) is 0 Å². The summed E-state index contributed by atoms with van der Waals surface area (Å²) in [7, 11) is 0. The van der Waals surface area contributed by atoms with Crippen LogP contribution in [-0.4, -0.2) is 14.7 Å². The number of hydrogen-bond donors (Lipinski definition) is 1. The predicted molar refractivity (Wildman–Crippen MR) is 105 cm³/mol. The molecule has 0 saturated heterocycles. The minimum Gasteiger partial charge on any atom is -0.507 e. The van der Waals surface area contributed by atoms with Gasteiger partial charge in [0.1, 0.15) is 17.4 Å². The molecule has 0 aliphatic rings. The first-order chi connectivity index (χ1) is 12.9. The van der Waals surface area contributed by atoms with E-state index >= 15 is 0 Å². The van der Waals surface area contributed by atoms with Crippen molar-refractivity contribution in [1.29, 1.82) is 0 Å². The molecule has 0 fully saturated rings. The van der Waals surface area contributed by atoms with Crippen molar-refractivity contribution < 1.29 is 9.50 Å². The highest BCUT2D eigenvalue weighted by molar-refractivity contribution is 5.64. The number of halogens is 1. The van der Waals surface area contributed by atoms with Crippen LogP contribution in [0.2, 0.25) is 0 Å². The average Bonchev–Trinajstić information content (AvgIpc) is 2.61. The number of benzene rings is 2. The fourth-order valence-electron chi connectivity index (χ4n) is 3.35. The minimum absolute atomic E-state index is 0.0313. The van der Waals surface area contributed by atoms with Gasteiger partial charge in [-0.3, -0.25) is 9.36 Å². The van der Waals surface area contributed by atoms with Crippen LogP contribution in [-0.2, 0) is 13.0 Å². The Kier molecular flexibility index (Phi) is 5.40. The molecule has 140 valence electrons. The Bertz CT molecular complexity index is 1030. The molecule has 3 aromatic rings. The highest BCUT2D eigenvalue weighted by Crippen LogP contribution is 2.28. The largest absolute Gasteiger partial charge is 0.507 e. The van der Waals surface area contributed by atoms with Gasteiger partial charge in [0.25, 0.3) is 5.56 Å². The van der Waals surface area contributed by atoms with Gasteiger partial charge in [0.05, 0.1) is 5.56 Å². The summed E-state index contributed by atoms with van der Waals surface area (Å²) in [5.74, 6) is 0.228. The van der Waals surface area contributed by atoms with Crippen LogP contribution < -0.4 is 5.56 Å². The van der Waals surface area contributed by atoms with Crippen LogP contribution in [0, 0.1) is 12.7 Å². The zero-order valence-corrected chi connectivity index (χ0v) is 15.7. The molecule has 0 atom stereocenters. The van der Waals surface area contributed by atoms with Gasteiger partial charge < -0.3 is 5.11 Å². The molecule has 0 aliphatic carbocycles. The molecule has 1 aromatic heterocycles. The molecule has 27 heavy (non-hydrogen) atoms. The first-order valence-electron chi connectivity index (χ1n) is 9.02. The number of hydrogen-bond acceptors (Lipinski definition) is 3. The van der Waals surface area contributed by atoms with Crippen LogP contribution in [0.25, 0.3) is 11.4 Å². The van der Waals surface area contributed by atoms with Crippen LogP contribution >= 0.6 is 0 Å². The smallest absolute Gasteiger partial charge is 0.257 e. The van der Waals surface area contributed by atoms with E-state index in [2.05, 4.69) is 4.98 Å².